The summed E-state index contributed by atoms with van der Waals surface area (Å²) in [6.45, 7) is 3.37. The van der Waals surface area contributed by atoms with Crippen molar-refractivity contribution in [1.29, 1.82) is 0 Å². The molecule has 0 unspecified atom stereocenters. The summed E-state index contributed by atoms with van der Waals surface area (Å²) in [5, 5.41) is 3.43. The summed E-state index contributed by atoms with van der Waals surface area (Å²) in [6.07, 6.45) is 0.171. The largest absolute Gasteiger partial charge is 0.468 e. The van der Waals surface area contributed by atoms with E-state index in [1.807, 2.05) is 61.5 Å². The van der Waals surface area contributed by atoms with Gasteiger partial charge in [-0.25, -0.2) is 4.90 Å². The Morgan fingerprint density at radius 3 is 2.32 bits per heavy atom. The number of aryl methyl sites for hydroxylation is 1. The van der Waals surface area contributed by atoms with Gasteiger partial charge in [0.15, 0.2) is 5.78 Å². The molecule has 7 heteroatoms. The molecule has 5 rings (SSSR count). The molecule has 2 heterocycles. The number of anilines is 1. The first-order valence-electron chi connectivity index (χ1n) is 12.2. The van der Waals surface area contributed by atoms with Crippen LogP contribution in [0.25, 0.3) is 0 Å². The molecule has 0 radical (unpaired) electrons. The highest BCUT2D eigenvalue weighted by Crippen LogP contribution is 2.51. The van der Waals surface area contributed by atoms with Crippen molar-refractivity contribution in [3.05, 3.63) is 101 Å². The zero-order chi connectivity index (χ0) is 26.3. The van der Waals surface area contributed by atoms with Crippen molar-refractivity contribution in [2.24, 2.45) is 11.8 Å². The summed E-state index contributed by atoms with van der Waals surface area (Å²) in [4.78, 5) is 54.9. The molecule has 37 heavy (non-hydrogen) atoms. The summed E-state index contributed by atoms with van der Waals surface area (Å²) in [5.74, 6) is -3.50. The van der Waals surface area contributed by atoms with Gasteiger partial charge in [0.25, 0.3) is 0 Å². The molecule has 2 saturated heterocycles. The number of Topliss-reactive ketones (excluding diaryl/α,β-unsaturated/α-hetero) is 1. The van der Waals surface area contributed by atoms with Gasteiger partial charge in [0.2, 0.25) is 11.8 Å². The van der Waals surface area contributed by atoms with Crippen LogP contribution in [-0.4, -0.2) is 36.2 Å². The van der Waals surface area contributed by atoms with Gasteiger partial charge in [-0.2, -0.15) is 0 Å². The van der Waals surface area contributed by atoms with E-state index in [0.29, 0.717) is 11.3 Å². The fourth-order valence-corrected chi connectivity index (χ4v) is 5.85. The van der Waals surface area contributed by atoms with Crippen LogP contribution in [0.4, 0.5) is 5.69 Å². The molecule has 0 aliphatic carbocycles. The van der Waals surface area contributed by atoms with Crippen molar-refractivity contribution in [2.45, 2.75) is 31.8 Å². The topological polar surface area (TPSA) is 92.8 Å². The molecule has 0 saturated carbocycles. The van der Waals surface area contributed by atoms with Crippen LogP contribution in [0.1, 0.15) is 40.0 Å². The molecule has 188 valence electrons. The normalized spacial score (nSPS) is 24.7. The first-order chi connectivity index (χ1) is 17.8. The van der Waals surface area contributed by atoms with Gasteiger partial charge in [-0.1, -0.05) is 66.7 Å². The predicted octanol–water partition coefficient (Wildman–Crippen LogP) is 3.80. The number of nitrogens with one attached hydrogen (secondary N) is 1. The van der Waals surface area contributed by atoms with Crippen LogP contribution >= 0.6 is 0 Å². The van der Waals surface area contributed by atoms with Gasteiger partial charge in [0.05, 0.1) is 24.6 Å². The highest BCUT2D eigenvalue weighted by atomic mass is 16.5. The maximum absolute atomic E-state index is 14.1. The van der Waals surface area contributed by atoms with Crippen LogP contribution in [-0.2, 0) is 25.5 Å². The van der Waals surface area contributed by atoms with E-state index in [2.05, 4.69) is 5.32 Å². The Morgan fingerprint density at radius 2 is 1.65 bits per heavy atom. The minimum absolute atomic E-state index is 0.171. The van der Waals surface area contributed by atoms with E-state index in [1.54, 1.807) is 24.3 Å². The van der Waals surface area contributed by atoms with Crippen LogP contribution in [0.2, 0.25) is 0 Å². The van der Waals surface area contributed by atoms with E-state index >= 15 is 0 Å². The smallest absolute Gasteiger partial charge is 0.327 e. The number of amides is 2. The van der Waals surface area contributed by atoms with E-state index in [1.165, 1.54) is 14.0 Å². The Hall–Kier alpha value is -4.10. The summed E-state index contributed by atoms with van der Waals surface area (Å²) >= 11 is 0. The number of methoxy groups -OCH3 is 1. The van der Waals surface area contributed by atoms with Gasteiger partial charge in [0.1, 0.15) is 5.54 Å². The predicted molar refractivity (Wildman–Crippen MR) is 138 cm³/mol. The zero-order valence-electron chi connectivity index (χ0n) is 20.9. The van der Waals surface area contributed by atoms with Crippen molar-refractivity contribution in [3.63, 3.8) is 0 Å². The number of carbonyl (C=O) groups excluding carboxylic acids is 4. The molecule has 2 amide bonds. The summed E-state index contributed by atoms with van der Waals surface area (Å²) in [7, 11) is 1.29. The molecule has 7 nitrogen and oxygen atoms in total. The van der Waals surface area contributed by atoms with Crippen LogP contribution < -0.4 is 10.2 Å². The number of ether oxygens (including phenoxy) is 1. The number of rotatable bonds is 6. The lowest BCUT2D eigenvalue weighted by atomic mass is 9.76. The molecule has 1 N–H and O–H groups in total. The van der Waals surface area contributed by atoms with E-state index in [-0.39, 0.29) is 12.2 Å². The average Bonchev–Trinajstić information content (AvgIpc) is 3.38. The Morgan fingerprint density at radius 1 is 0.946 bits per heavy atom. The molecule has 0 spiro atoms. The number of nitrogens with zero attached hydrogens (tertiary/aromatic N) is 1. The third-order valence-corrected chi connectivity index (χ3v) is 7.56. The third kappa shape index (κ3) is 3.96. The lowest BCUT2D eigenvalue weighted by molar-refractivity contribution is -0.152. The molecule has 4 atom stereocenters. The number of fused-ring (bicyclic) bond motifs is 1. The van der Waals surface area contributed by atoms with Gasteiger partial charge in [0, 0.05) is 18.0 Å². The number of benzene rings is 3. The average molecular weight is 497 g/mol. The van der Waals surface area contributed by atoms with Crippen LogP contribution in [0.5, 0.6) is 0 Å². The van der Waals surface area contributed by atoms with Gasteiger partial charge < -0.3 is 4.74 Å². The van der Waals surface area contributed by atoms with Crippen LogP contribution in [0.3, 0.4) is 0 Å². The first-order valence-corrected chi connectivity index (χ1v) is 12.2. The standard InChI is InChI=1S/C30H28N2O5/c1-18-10-7-8-15-23(18)26-24-25(30(31-26,29(36)37-3)17-20-11-5-4-6-12-20)28(35)32(27(24)34)22-14-9-13-21(16-22)19(2)33/h4-16,24-26,31H,17H2,1-3H3/t24-,25+,26+,30+/m1/s1. The molecular weight excluding hydrogens is 468 g/mol. The highest BCUT2D eigenvalue weighted by molar-refractivity contribution is 6.24. The number of ketones is 1. The Balaban J connectivity index is 1.69. The number of hydrogen-bond acceptors (Lipinski definition) is 6. The SMILES string of the molecule is COC(=O)[C@@]1(Cc2ccccc2)N[C@@H](c2ccccc2C)[C@@H]2C(=O)N(c3cccc(C(C)=O)c3)C(=O)[C@H]21. The van der Waals surface area contributed by atoms with Crippen molar-refractivity contribution >= 4 is 29.3 Å². The number of carbonyl (C=O) groups is 4. The second-order valence-corrected chi connectivity index (χ2v) is 9.73. The number of esters is 1. The van der Waals surface area contributed by atoms with Gasteiger partial charge >= 0.3 is 5.97 Å². The van der Waals surface area contributed by atoms with Crippen molar-refractivity contribution in [2.75, 3.05) is 12.0 Å². The molecule has 3 aromatic carbocycles. The highest BCUT2D eigenvalue weighted by Gasteiger charge is 2.69. The lowest BCUT2D eigenvalue weighted by Gasteiger charge is -2.33. The maximum atomic E-state index is 14.1. The fourth-order valence-electron chi connectivity index (χ4n) is 5.85. The zero-order valence-corrected chi connectivity index (χ0v) is 20.9. The summed E-state index contributed by atoms with van der Waals surface area (Å²) in [5.41, 5.74) is 1.87. The van der Waals surface area contributed by atoms with E-state index in [9.17, 15) is 19.2 Å². The monoisotopic (exact) mass is 496 g/mol. The van der Waals surface area contributed by atoms with Crippen molar-refractivity contribution in [1.82, 2.24) is 5.32 Å². The quantitative estimate of drug-likeness (QED) is 0.317. The molecular formula is C30H28N2O5. The summed E-state index contributed by atoms with van der Waals surface area (Å²) < 4.78 is 5.28. The van der Waals surface area contributed by atoms with E-state index in [4.69, 9.17) is 4.74 Å². The lowest BCUT2D eigenvalue weighted by Crippen LogP contribution is -2.57. The molecule has 2 fully saturated rings. The molecule has 0 bridgehead atoms. The Kier molecular flexibility index (Phi) is 6.25. The molecule has 2 aliphatic rings. The number of hydrogen-bond donors (Lipinski definition) is 1. The van der Waals surface area contributed by atoms with E-state index in [0.717, 1.165) is 21.6 Å². The number of imide groups is 1. The maximum Gasteiger partial charge on any atom is 0.327 e. The summed E-state index contributed by atoms with van der Waals surface area (Å²) in [6, 6.07) is 22.9. The second kappa shape index (κ2) is 9.41. The van der Waals surface area contributed by atoms with Crippen LogP contribution in [0.15, 0.2) is 78.9 Å². The van der Waals surface area contributed by atoms with Gasteiger partial charge in [-0.15, -0.1) is 0 Å². The fraction of sp³-hybridized carbons (Fsp3) is 0.267. The van der Waals surface area contributed by atoms with Crippen molar-refractivity contribution in [3.8, 4) is 0 Å². The molecule has 2 aliphatic heterocycles. The third-order valence-electron chi connectivity index (χ3n) is 7.56. The van der Waals surface area contributed by atoms with Crippen molar-refractivity contribution < 1.29 is 23.9 Å². The Labute approximate surface area is 215 Å². The van der Waals surface area contributed by atoms with E-state index < -0.39 is 41.2 Å². The van der Waals surface area contributed by atoms with Gasteiger partial charge in [-0.3, -0.25) is 24.5 Å². The minimum Gasteiger partial charge on any atom is -0.468 e. The first kappa shape index (κ1) is 24.6. The minimum atomic E-state index is -1.46. The molecule has 3 aromatic rings. The second-order valence-electron chi connectivity index (χ2n) is 9.73. The van der Waals surface area contributed by atoms with Gasteiger partial charge in [-0.05, 0) is 42.7 Å². The Bertz CT molecular complexity index is 1400. The molecule has 0 aromatic heterocycles. The van der Waals surface area contributed by atoms with Crippen LogP contribution in [0, 0.1) is 18.8 Å².